The highest BCUT2D eigenvalue weighted by molar-refractivity contribution is 5.99. The van der Waals surface area contributed by atoms with Crippen LogP contribution in [0.25, 0.3) is 0 Å². The Morgan fingerprint density at radius 3 is 1.90 bits per heavy atom. The minimum absolute atomic E-state index is 0.192. The summed E-state index contributed by atoms with van der Waals surface area (Å²) >= 11 is 0. The number of aliphatic imine (C=N–C) groups is 3. The smallest absolute Gasteiger partial charge is 0.222 e. The van der Waals surface area contributed by atoms with Crippen molar-refractivity contribution in [1.29, 1.82) is 0 Å². The highest BCUT2D eigenvalue weighted by atomic mass is 16.2. The van der Waals surface area contributed by atoms with E-state index in [1.807, 2.05) is 94.2 Å². The Morgan fingerprint density at radius 1 is 0.854 bits per heavy atom. The van der Waals surface area contributed by atoms with Gasteiger partial charge in [0.15, 0.2) is 0 Å². The number of carbonyl (C=O) groups excluding carboxylic acids is 1. The van der Waals surface area contributed by atoms with E-state index in [9.17, 15) is 4.79 Å². The molecule has 9 heteroatoms. The Kier molecular flexibility index (Phi) is 15.8. The first-order valence-corrected chi connectivity index (χ1v) is 14.0. The Morgan fingerprint density at radius 2 is 1.44 bits per heavy atom. The lowest BCUT2D eigenvalue weighted by atomic mass is 10.2. The van der Waals surface area contributed by atoms with E-state index < -0.39 is 0 Å². The van der Waals surface area contributed by atoms with Gasteiger partial charge in [-0.15, -0.1) is 0 Å². The van der Waals surface area contributed by atoms with Gasteiger partial charge < -0.3 is 24.5 Å². The van der Waals surface area contributed by atoms with Crippen LogP contribution in [0.2, 0.25) is 0 Å². The summed E-state index contributed by atoms with van der Waals surface area (Å²) in [6, 6.07) is 18.4. The van der Waals surface area contributed by atoms with Crippen LogP contribution in [0.5, 0.6) is 0 Å². The second-order valence-corrected chi connectivity index (χ2v) is 10.7. The molecule has 1 aliphatic rings. The van der Waals surface area contributed by atoms with Crippen LogP contribution in [0.3, 0.4) is 0 Å². The molecule has 2 aromatic carbocycles. The van der Waals surface area contributed by atoms with Crippen molar-refractivity contribution in [2.45, 2.75) is 26.7 Å². The Labute approximate surface area is 248 Å². The van der Waals surface area contributed by atoms with Gasteiger partial charge in [-0.25, -0.2) is 4.99 Å². The Balaban J connectivity index is 0.000000341. The molecule has 1 heterocycles. The second-order valence-electron chi connectivity index (χ2n) is 10.7. The molecule has 3 rings (SSSR count). The maximum atomic E-state index is 11.5. The summed E-state index contributed by atoms with van der Waals surface area (Å²) < 4.78 is 0. The van der Waals surface area contributed by atoms with Gasteiger partial charge in [-0.2, -0.15) is 0 Å². The lowest BCUT2D eigenvalue weighted by Crippen LogP contribution is -2.35. The van der Waals surface area contributed by atoms with Gasteiger partial charge in [-0.1, -0.05) is 48.0 Å². The number of aryl methyl sites for hydroxylation is 1. The molecule has 0 atom stereocenters. The van der Waals surface area contributed by atoms with Crippen LogP contribution in [0.15, 0.2) is 69.6 Å². The number of rotatable bonds is 6. The summed E-state index contributed by atoms with van der Waals surface area (Å²) in [6.07, 6.45) is 1.48. The third-order valence-electron chi connectivity index (χ3n) is 6.31. The number of hydrogen-bond acceptors (Lipinski definition) is 5. The lowest BCUT2D eigenvalue weighted by Gasteiger charge is -2.22. The van der Waals surface area contributed by atoms with Crippen molar-refractivity contribution >= 4 is 29.2 Å². The molecule has 0 saturated heterocycles. The molecular formula is C32H52N8O. The SMILES string of the molecule is CN(C)C(=O)CCCN1CCN=C1c1ccccc1.CN=C(C)N(C)C.Cc1ccc(N=C(N(C)C)N(C)C)cc1. The van der Waals surface area contributed by atoms with Gasteiger partial charge in [0.1, 0.15) is 5.84 Å². The maximum absolute atomic E-state index is 11.5. The van der Waals surface area contributed by atoms with E-state index >= 15 is 0 Å². The summed E-state index contributed by atoms with van der Waals surface area (Å²) in [6.45, 7) is 6.76. The molecule has 9 nitrogen and oxygen atoms in total. The average molecular weight is 565 g/mol. The summed E-state index contributed by atoms with van der Waals surface area (Å²) in [4.78, 5) is 34.5. The summed E-state index contributed by atoms with van der Waals surface area (Å²) in [5.41, 5.74) is 3.40. The normalized spacial score (nSPS) is 12.2. The maximum Gasteiger partial charge on any atom is 0.222 e. The number of amides is 1. The molecule has 0 bridgehead atoms. The topological polar surface area (TPSA) is 70.3 Å². The molecule has 0 fully saturated rings. The number of hydrogen-bond donors (Lipinski definition) is 0. The van der Waals surface area contributed by atoms with Gasteiger partial charge in [-0.3, -0.25) is 14.8 Å². The summed E-state index contributed by atoms with van der Waals surface area (Å²) in [5.74, 6) is 3.26. The first-order chi connectivity index (χ1) is 19.4. The quantitative estimate of drug-likeness (QED) is 0.386. The molecule has 1 amide bonds. The predicted molar refractivity (Wildman–Crippen MR) is 176 cm³/mol. The molecule has 0 saturated carbocycles. The first-order valence-electron chi connectivity index (χ1n) is 14.0. The van der Waals surface area contributed by atoms with Gasteiger partial charge >= 0.3 is 0 Å². The van der Waals surface area contributed by atoms with Gasteiger partial charge in [0.25, 0.3) is 0 Å². The molecule has 41 heavy (non-hydrogen) atoms. The second kappa shape index (κ2) is 18.5. The molecule has 0 N–H and O–H groups in total. The van der Waals surface area contributed by atoms with Crippen molar-refractivity contribution < 1.29 is 4.79 Å². The molecule has 1 aliphatic heterocycles. The average Bonchev–Trinajstić information content (AvgIpc) is 3.41. The van der Waals surface area contributed by atoms with Crippen LogP contribution in [0.4, 0.5) is 5.69 Å². The number of amidine groups is 2. The van der Waals surface area contributed by atoms with E-state index in [-0.39, 0.29) is 5.91 Å². The van der Waals surface area contributed by atoms with Crippen LogP contribution >= 0.6 is 0 Å². The van der Waals surface area contributed by atoms with Crippen molar-refractivity contribution in [2.75, 3.05) is 83.1 Å². The third kappa shape index (κ3) is 13.4. The molecule has 0 aromatic heterocycles. The largest absolute Gasteiger partial charge is 0.367 e. The van der Waals surface area contributed by atoms with E-state index in [0.717, 1.165) is 49.4 Å². The van der Waals surface area contributed by atoms with Gasteiger partial charge in [-0.05, 0) is 32.4 Å². The number of guanidine groups is 1. The molecule has 2 aromatic rings. The zero-order valence-electron chi connectivity index (χ0n) is 27.2. The fraction of sp³-hybridized carbons (Fsp3) is 0.500. The molecule has 0 unspecified atom stereocenters. The van der Waals surface area contributed by atoms with Crippen LogP contribution in [0, 0.1) is 6.92 Å². The van der Waals surface area contributed by atoms with Crippen molar-refractivity contribution in [1.82, 2.24) is 24.5 Å². The number of benzene rings is 2. The molecule has 0 radical (unpaired) electrons. The van der Waals surface area contributed by atoms with E-state index in [2.05, 4.69) is 51.1 Å². The lowest BCUT2D eigenvalue weighted by molar-refractivity contribution is -0.128. The molecular weight excluding hydrogens is 512 g/mol. The van der Waals surface area contributed by atoms with E-state index in [0.29, 0.717) is 6.42 Å². The highest BCUT2D eigenvalue weighted by Gasteiger charge is 2.18. The third-order valence-corrected chi connectivity index (χ3v) is 6.31. The van der Waals surface area contributed by atoms with Crippen molar-refractivity contribution in [3.05, 3.63) is 65.7 Å². The van der Waals surface area contributed by atoms with Crippen molar-refractivity contribution in [3.8, 4) is 0 Å². The fourth-order valence-corrected chi connectivity index (χ4v) is 3.74. The van der Waals surface area contributed by atoms with Crippen LogP contribution < -0.4 is 0 Å². The minimum atomic E-state index is 0.192. The van der Waals surface area contributed by atoms with Crippen molar-refractivity contribution in [3.63, 3.8) is 0 Å². The zero-order chi connectivity index (χ0) is 30.9. The summed E-state index contributed by atoms with van der Waals surface area (Å²) in [5, 5.41) is 0. The van der Waals surface area contributed by atoms with Crippen LogP contribution in [-0.4, -0.2) is 131 Å². The standard InChI is InChI=1S/C15H21N3O.C12H19N3.C5H12N2/c1-17(2)14(19)9-6-11-18-12-10-16-15(18)13-7-4-3-5-8-13;1-10-6-8-11(9-7-10)13-12(14(2)3)15(4)5;1-5(6-2)7(3)4/h3-5,7-8H,6,9-12H2,1-2H3;6-9H,1-5H3;1-4H3. The highest BCUT2D eigenvalue weighted by Crippen LogP contribution is 2.14. The Hall–Kier alpha value is -3.88. The van der Waals surface area contributed by atoms with E-state index in [1.54, 1.807) is 26.0 Å². The van der Waals surface area contributed by atoms with Crippen LogP contribution in [0.1, 0.15) is 30.9 Å². The Bertz CT molecular complexity index is 1110. The van der Waals surface area contributed by atoms with E-state index in [4.69, 9.17) is 0 Å². The zero-order valence-corrected chi connectivity index (χ0v) is 27.2. The van der Waals surface area contributed by atoms with Gasteiger partial charge in [0.2, 0.25) is 11.9 Å². The number of carbonyl (C=O) groups is 1. The number of nitrogens with zero attached hydrogens (tertiary/aromatic N) is 8. The van der Waals surface area contributed by atoms with Crippen molar-refractivity contribution in [2.24, 2.45) is 15.0 Å². The van der Waals surface area contributed by atoms with Crippen LogP contribution in [-0.2, 0) is 4.79 Å². The fourth-order valence-electron chi connectivity index (χ4n) is 3.74. The molecule has 0 aliphatic carbocycles. The summed E-state index contributed by atoms with van der Waals surface area (Å²) in [7, 11) is 17.3. The van der Waals surface area contributed by atoms with Gasteiger partial charge in [0.05, 0.1) is 18.1 Å². The monoisotopic (exact) mass is 564 g/mol. The molecule has 226 valence electrons. The minimum Gasteiger partial charge on any atom is -0.367 e. The van der Waals surface area contributed by atoms with Gasteiger partial charge in [0, 0.05) is 88.5 Å². The van der Waals surface area contributed by atoms with E-state index in [1.165, 1.54) is 11.1 Å². The first kappa shape index (κ1) is 35.1. The molecule has 0 spiro atoms. The predicted octanol–water partition coefficient (Wildman–Crippen LogP) is 4.32.